The molecule has 1 saturated carbocycles. The summed E-state index contributed by atoms with van der Waals surface area (Å²) in [6.07, 6.45) is 8.01. The van der Waals surface area contributed by atoms with Crippen molar-refractivity contribution in [1.82, 2.24) is 19.9 Å². The van der Waals surface area contributed by atoms with Gasteiger partial charge in [-0.3, -0.25) is 9.88 Å². The SMILES string of the molecule is CN1Cc2cnc3ccc(-c4cnc5c(c4)=CN=5)nc3c2N(c2ccccc2)C1=C1CC1. The molecule has 2 aliphatic heterocycles. The molecule has 1 fully saturated rings. The first-order chi connectivity index (χ1) is 15.8. The van der Waals surface area contributed by atoms with Crippen molar-refractivity contribution >= 4 is 28.6 Å². The van der Waals surface area contributed by atoms with Gasteiger partial charge < -0.3 is 4.90 Å². The van der Waals surface area contributed by atoms with Crippen LogP contribution in [0.4, 0.5) is 11.4 Å². The van der Waals surface area contributed by atoms with Gasteiger partial charge in [-0.2, -0.15) is 0 Å². The lowest BCUT2D eigenvalue weighted by molar-refractivity contribution is 0.389. The number of aromatic nitrogens is 3. The molecule has 6 heteroatoms. The van der Waals surface area contributed by atoms with E-state index in [1.54, 1.807) is 0 Å². The number of benzene rings is 1. The minimum Gasteiger partial charge on any atom is -0.356 e. The average molecular weight is 416 g/mol. The molecule has 0 radical (unpaired) electrons. The molecule has 3 aliphatic rings. The van der Waals surface area contributed by atoms with Gasteiger partial charge in [0.1, 0.15) is 11.3 Å². The maximum Gasteiger partial charge on any atom is 0.160 e. The van der Waals surface area contributed by atoms with Gasteiger partial charge in [0.15, 0.2) is 5.49 Å². The Morgan fingerprint density at radius 2 is 1.81 bits per heavy atom. The molecule has 32 heavy (non-hydrogen) atoms. The number of rotatable bonds is 2. The van der Waals surface area contributed by atoms with Crippen LogP contribution >= 0.6 is 0 Å². The van der Waals surface area contributed by atoms with E-state index in [1.165, 1.54) is 17.0 Å². The first kappa shape index (κ1) is 17.6. The van der Waals surface area contributed by atoms with Crippen LogP contribution in [-0.2, 0) is 6.54 Å². The molecule has 1 aliphatic carbocycles. The Morgan fingerprint density at radius 1 is 0.938 bits per heavy atom. The van der Waals surface area contributed by atoms with E-state index >= 15 is 0 Å². The molecular weight excluding hydrogens is 396 g/mol. The molecule has 0 bridgehead atoms. The first-order valence-electron chi connectivity index (χ1n) is 10.9. The molecule has 0 N–H and O–H groups in total. The quantitative estimate of drug-likeness (QED) is 0.499. The predicted octanol–water partition coefficient (Wildman–Crippen LogP) is 3.65. The van der Waals surface area contributed by atoms with Crippen LogP contribution in [0.1, 0.15) is 18.4 Å². The smallest absolute Gasteiger partial charge is 0.160 e. The summed E-state index contributed by atoms with van der Waals surface area (Å²) in [7, 11) is 2.17. The third kappa shape index (κ3) is 2.59. The van der Waals surface area contributed by atoms with Crippen LogP contribution in [-0.4, -0.2) is 26.9 Å². The second-order valence-electron chi connectivity index (χ2n) is 8.55. The van der Waals surface area contributed by atoms with Crippen LogP contribution in [0.2, 0.25) is 0 Å². The highest BCUT2D eigenvalue weighted by molar-refractivity contribution is 5.95. The number of hydrogen-bond donors (Lipinski definition) is 0. The van der Waals surface area contributed by atoms with Crippen LogP contribution in [0, 0.1) is 0 Å². The molecule has 0 unspecified atom stereocenters. The average Bonchev–Trinajstić information content (AvgIpc) is 3.64. The van der Waals surface area contributed by atoms with Gasteiger partial charge in [-0.15, -0.1) is 0 Å². The Morgan fingerprint density at radius 3 is 2.56 bits per heavy atom. The van der Waals surface area contributed by atoms with Gasteiger partial charge in [-0.25, -0.2) is 15.0 Å². The summed E-state index contributed by atoms with van der Waals surface area (Å²) in [6.45, 7) is 0.823. The number of hydrogen-bond acceptors (Lipinski definition) is 6. The highest BCUT2D eigenvalue weighted by Crippen LogP contribution is 2.46. The molecule has 154 valence electrons. The summed E-state index contributed by atoms with van der Waals surface area (Å²) in [5, 5.41) is 1.06. The van der Waals surface area contributed by atoms with Gasteiger partial charge in [0.05, 0.1) is 16.9 Å². The molecular formula is C26H20N6. The third-order valence-corrected chi connectivity index (χ3v) is 6.31. The number of nitrogens with zero attached hydrogens (tertiary/aromatic N) is 6. The van der Waals surface area contributed by atoms with Crippen LogP contribution in [0.3, 0.4) is 0 Å². The van der Waals surface area contributed by atoms with Crippen molar-refractivity contribution in [3.05, 3.63) is 88.6 Å². The van der Waals surface area contributed by atoms with Gasteiger partial charge in [0.2, 0.25) is 0 Å². The Balaban J connectivity index is 1.50. The van der Waals surface area contributed by atoms with Crippen LogP contribution in [0.25, 0.3) is 28.5 Å². The lowest BCUT2D eigenvalue weighted by Gasteiger charge is -2.40. The standard InChI is InChI=1S/C26H20N6/c1-31-15-19-14-27-22-10-9-21(17-11-18-13-29-25(18)28-12-17)30-23(22)24(19)32(26(31)16-7-8-16)20-5-3-2-4-6-20/h2-6,9-14H,7-8,15H2,1H3. The summed E-state index contributed by atoms with van der Waals surface area (Å²) >= 11 is 0. The Labute approximate surface area is 184 Å². The highest BCUT2D eigenvalue weighted by atomic mass is 15.4. The van der Waals surface area contributed by atoms with E-state index in [0.717, 1.165) is 63.8 Å². The summed E-state index contributed by atoms with van der Waals surface area (Å²) < 4.78 is 0. The van der Waals surface area contributed by atoms with Crippen molar-refractivity contribution in [3.8, 4) is 11.3 Å². The normalized spacial score (nSPS) is 16.2. The lowest BCUT2D eigenvalue weighted by Crippen LogP contribution is -2.35. The summed E-state index contributed by atoms with van der Waals surface area (Å²) in [5.74, 6) is 1.28. The van der Waals surface area contributed by atoms with Gasteiger partial charge in [-0.1, -0.05) is 18.2 Å². The zero-order valence-corrected chi connectivity index (χ0v) is 17.7. The molecule has 5 heterocycles. The van der Waals surface area contributed by atoms with E-state index in [-0.39, 0.29) is 0 Å². The van der Waals surface area contributed by atoms with E-state index in [9.17, 15) is 0 Å². The number of anilines is 2. The van der Waals surface area contributed by atoms with Crippen molar-refractivity contribution in [2.75, 3.05) is 11.9 Å². The monoisotopic (exact) mass is 416 g/mol. The fourth-order valence-corrected chi connectivity index (χ4v) is 4.65. The fraction of sp³-hybridized carbons (Fsp3) is 0.154. The minimum atomic E-state index is 0.799. The maximum atomic E-state index is 5.14. The Hall–Kier alpha value is -4.06. The van der Waals surface area contributed by atoms with Gasteiger partial charge in [-0.05, 0) is 48.7 Å². The molecule has 1 aromatic carbocycles. The number of fused-ring (bicyclic) bond motifs is 4. The first-order valence-corrected chi connectivity index (χ1v) is 10.9. The van der Waals surface area contributed by atoms with Crippen LogP contribution in [0.5, 0.6) is 0 Å². The van der Waals surface area contributed by atoms with Crippen molar-refractivity contribution in [1.29, 1.82) is 0 Å². The van der Waals surface area contributed by atoms with E-state index < -0.39 is 0 Å². The molecule has 0 saturated heterocycles. The van der Waals surface area contributed by atoms with Gasteiger partial charge in [0.25, 0.3) is 0 Å². The highest BCUT2D eigenvalue weighted by Gasteiger charge is 2.34. The molecule has 3 aromatic heterocycles. The van der Waals surface area contributed by atoms with E-state index in [0.29, 0.717) is 0 Å². The second kappa shape index (κ2) is 6.47. The maximum absolute atomic E-state index is 5.14. The van der Waals surface area contributed by atoms with Crippen LogP contribution in [0.15, 0.2) is 77.3 Å². The number of pyridine rings is 3. The zero-order valence-electron chi connectivity index (χ0n) is 17.7. The third-order valence-electron chi connectivity index (χ3n) is 6.31. The minimum absolute atomic E-state index is 0.799. The van der Waals surface area contributed by atoms with E-state index in [2.05, 4.69) is 69.3 Å². The fourth-order valence-electron chi connectivity index (χ4n) is 4.65. The van der Waals surface area contributed by atoms with Crippen molar-refractivity contribution in [2.24, 2.45) is 4.99 Å². The molecule has 0 atom stereocenters. The summed E-state index contributed by atoms with van der Waals surface area (Å²) in [6, 6.07) is 16.8. The lowest BCUT2D eigenvalue weighted by atomic mass is 10.1. The topological polar surface area (TPSA) is 57.5 Å². The molecule has 6 nitrogen and oxygen atoms in total. The van der Waals surface area contributed by atoms with E-state index in [4.69, 9.17) is 9.97 Å². The molecule has 7 rings (SSSR count). The van der Waals surface area contributed by atoms with Crippen LogP contribution < -0.4 is 15.6 Å². The van der Waals surface area contributed by atoms with Crippen molar-refractivity contribution in [3.63, 3.8) is 0 Å². The molecule has 4 aromatic rings. The van der Waals surface area contributed by atoms with E-state index in [1.807, 2.05) is 24.7 Å². The number of para-hydroxylation sites is 1. The van der Waals surface area contributed by atoms with Gasteiger partial charge in [0, 0.05) is 54.2 Å². The zero-order chi connectivity index (χ0) is 21.2. The Kier molecular flexibility index (Phi) is 3.56. The van der Waals surface area contributed by atoms with Crippen molar-refractivity contribution < 1.29 is 0 Å². The predicted molar refractivity (Wildman–Crippen MR) is 124 cm³/mol. The van der Waals surface area contributed by atoms with Crippen molar-refractivity contribution in [2.45, 2.75) is 19.4 Å². The largest absolute Gasteiger partial charge is 0.356 e. The number of allylic oxidation sites excluding steroid dienone is 1. The Bertz CT molecular complexity index is 1570. The second-order valence-corrected chi connectivity index (χ2v) is 8.55. The molecule has 0 spiro atoms. The summed E-state index contributed by atoms with van der Waals surface area (Å²) in [4.78, 5) is 23.2. The summed E-state index contributed by atoms with van der Waals surface area (Å²) in [5.41, 5.74) is 9.47. The molecule has 0 amide bonds. The van der Waals surface area contributed by atoms with Gasteiger partial charge >= 0.3 is 0 Å².